The van der Waals surface area contributed by atoms with Crippen LogP contribution in [0.4, 0.5) is 0 Å². The predicted octanol–water partition coefficient (Wildman–Crippen LogP) is 6.30. The standard InChI is InChI=1S/C16H28BrNS/c1-3-4-5-6-7-8-9-10-11-15(18-2)14-12-16(17)19-13-14/h12-13,15,18H,3-11H2,1-2H3. The third-order valence-corrected chi connectivity index (χ3v) is 5.21. The fraction of sp³-hybridized carbons (Fsp3) is 0.750. The van der Waals surface area contributed by atoms with Crippen molar-refractivity contribution in [2.75, 3.05) is 7.05 Å². The molecule has 19 heavy (non-hydrogen) atoms. The molecule has 1 atom stereocenters. The lowest BCUT2D eigenvalue weighted by Gasteiger charge is -2.14. The molecule has 0 aliphatic carbocycles. The second-order valence-corrected chi connectivity index (χ2v) is 7.58. The predicted molar refractivity (Wildman–Crippen MR) is 91.0 cm³/mol. The minimum absolute atomic E-state index is 0.530. The second kappa shape index (κ2) is 10.9. The van der Waals surface area contributed by atoms with Crippen molar-refractivity contribution in [1.29, 1.82) is 0 Å². The molecule has 1 rings (SSSR count). The van der Waals surface area contributed by atoms with Gasteiger partial charge in [-0.25, -0.2) is 0 Å². The Morgan fingerprint density at radius 3 is 2.26 bits per heavy atom. The highest BCUT2D eigenvalue weighted by Crippen LogP contribution is 2.28. The summed E-state index contributed by atoms with van der Waals surface area (Å²) < 4.78 is 1.23. The fourth-order valence-corrected chi connectivity index (χ4v) is 3.70. The van der Waals surface area contributed by atoms with Gasteiger partial charge in [-0.05, 0) is 46.4 Å². The molecule has 3 heteroatoms. The van der Waals surface area contributed by atoms with Gasteiger partial charge >= 0.3 is 0 Å². The molecule has 0 aliphatic rings. The van der Waals surface area contributed by atoms with Crippen LogP contribution in [-0.4, -0.2) is 7.05 Å². The van der Waals surface area contributed by atoms with E-state index in [0.29, 0.717) is 6.04 Å². The molecule has 0 fully saturated rings. The molecule has 1 unspecified atom stereocenters. The highest BCUT2D eigenvalue weighted by atomic mass is 79.9. The topological polar surface area (TPSA) is 12.0 Å². The molecule has 0 amide bonds. The maximum absolute atomic E-state index is 3.54. The molecular formula is C16H28BrNS. The summed E-state index contributed by atoms with van der Waals surface area (Å²) in [6.07, 6.45) is 12.4. The average Bonchev–Trinajstić information content (AvgIpc) is 2.83. The van der Waals surface area contributed by atoms with E-state index in [0.717, 1.165) is 0 Å². The quantitative estimate of drug-likeness (QED) is 0.464. The van der Waals surface area contributed by atoms with Gasteiger partial charge in [0.25, 0.3) is 0 Å². The van der Waals surface area contributed by atoms with Gasteiger partial charge < -0.3 is 5.32 Å². The lowest BCUT2D eigenvalue weighted by atomic mass is 10.0. The Kier molecular flexibility index (Phi) is 9.84. The van der Waals surface area contributed by atoms with Crippen molar-refractivity contribution in [1.82, 2.24) is 5.32 Å². The van der Waals surface area contributed by atoms with Crippen molar-refractivity contribution in [3.8, 4) is 0 Å². The van der Waals surface area contributed by atoms with Gasteiger partial charge in [0.05, 0.1) is 3.79 Å². The van der Waals surface area contributed by atoms with Crippen LogP contribution in [0.15, 0.2) is 15.2 Å². The van der Waals surface area contributed by atoms with Gasteiger partial charge in [0.2, 0.25) is 0 Å². The highest BCUT2D eigenvalue weighted by Gasteiger charge is 2.10. The Balaban J connectivity index is 2.07. The number of rotatable bonds is 11. The van der Waals surface area contributed by atoms with E-state index in [2.05, 4.69) is 46.7 Å². The van der Waals surface area contributed by atoms with E-state index in [1.807, 2.05) is 0 Å². The first-order valence-corrected chi connectivity index (χ1v) is 9.36. The summed E-state index contributed by atoms with van der Waals surface area (Å²) in [5.74, 6) is 0. The van der Waals surface area contributed by atoms with Crippen LogP contribution >= 0.6 is 27.3 Å². The zero-order valence-corrected chi connectivity index (χ0v) is 14.8. The molecule has 1 aromatic rings. The van der Waals surface area contributed by atoms with E-state index in [9.17, 15) is 0 Å². The number of hydrogen-bond acceptors (Lipinski definition) is 2. The fourth-order valence-electron chi connectivity index (χ4n) is 2.47. The van der Waals surface area contributed by atoms with Crippen LogP contribution in [0.5, 0.6) is 0 Å². The van der Waals surface area contributed by atoms with E-state index in [1.165, 1.54) is 67.1 Å². The van der Waals surface area contributed by atoms with E-state index >= 15 is 0 Å². The smallest absolute Gasteiger partial charge is 0.0701 e. The summed E-state index contributed by atoms with van der Waals surface area (Å²) in [4.78, 5) is 0. The van der Waals surface area contributed by atoms with E-state index in [4.69, 9.17) is 0 Å². The minimum atomic E-state index is 0.530. The van der Waals surface area contributed by atoms with Gasteiger partial charge in [-0.3, -0.25) is 0 Å². The summed E-state index contributed by atoms with van der Waals surface area (Å²) in [6.45, 7) is 2.28. The van der Waals surface area contributed by atoms with Crippen molar-refractivity contribution in [3.05, 3.63) is 20.8 Å². The van der Waals surface area contributed by atoms with Crippen LogP contribution in [0.3, 0.4) is 0 Å². The van der Waals surface area contributed by atoms with Crippen molar-refractivity contribution in [3.63, 3.8) is 0 Å². The first-order chi connectivity index (χ1) is 9.27. The lowest BCUT2D eigenvalue weighted by Crippen LogP contribution is -2.15. The van der Waals surface area contributed by atoms with Crippen molar-refractivity contribution in [2.24, 2.45) is 0 Å². The van der Waals surface area contributed by atoms with Crippen LogP contribution in [0, 0.1) is 0 Å². The van der Waals surface area contributed by atoms with Crippen molar-refractivity contribution >= 4 is 27.3 Å². The summed E-state index contributed by atoms with van der Waals surface area (Å²) in [5, 5.41) is 5.70. The minimum Gasteiger partial charge on any atom is -0.313 e. The van der Waals surface area contributed by atoms with Gasteiger partial charge in [-0.15, -0.1) is 11.3 Å². The van der Waals surface area contributed by atoms with Crippen molar-refractivity contribution in [2.45, 2.75) is 70.8 Å². The number of unbranched alkanes of at least 4 members (excludes halogenated alkanes) is 7. The Bertz CT molecular complexity index is 324. The van der Waals surface area contributed by atoms with Crippen LogP contribution in [0.2, 0.25) is 0 Å². The van der Waals surface area contributed by atoms with E-state index < -0.39 is 0 Å². The van der Waals surface area contributed by atoms with Gasteiger partial charge in [-0.1, -0.05) is 58.3 Å². The summed E-state index contributed by atoms with van der Waals surface area (Å²) in [5.41, 5.74) is 1.43. The molecule has 0 radical (unpaired) electrons. The average molecular weight is 346 g/mol. The molecule has 1 aromatic heterocycles. The molecule has 110 valence electrons. The number of halogens is 1. The molecule has 0 bridgehead atoms. The highest BCUT2D eigenvalue weighted by molar-refractivity contribution is 9.11. The van der Waals surface area contributed by atoms with Crippen LogP contribution < -0.4 is 5.32 Å². The van der Waals surface area contributed by atoms with E-state index in [1.54, 1.807) is 11.3 Å². The number of nitrogens with one attached hydrogen (secondary N) is 1. The summed E-state index contributed by atoms with van der Waals surface area (Å²) >= 11 is 5.32. The largest absolute Gasteiger partial charge is 0.313 e. The molecule has 0 aromatic carbocycles. The first kappa shape index (κ1) is 17.2. The van der Waals surface area contributed by atoms with Crippen LogP contribution in [0.25, 0.3) is 0 Å². The Hall–Kier alpha value is 0.140. The normalized spacial score (nSPS) is 12.8. The van der Waals surface area contributed by atoms with Crippen molar-refractivity contribution < 1.29 is 0 Å². The van der Waals surface area contributed by atoms with Gasteiger partial charge in [0.15, 0.2) is 0 Å². The Morgan fingerprint density at radius 2 is 1.74 bits per heavy atom. The lowest BCUT2D eigenvalue weighted by molar-refractivity contribution is 0.495. The summed E-state index contributed by atoms with van der Waals surface area (Å²) in [7, 11) is 2.07. The van der Waals surface area contributed by atoms with Gasteiger partial charge in [-0.2, -0.15) is 0 Å². The maximum atomic E-state index is 3.54. The molecule has 0 saturated heterocycles. The molecule has 1 heterocycles. The molecule has 0 saturated carbocycles. The molecule has 0 spiro atoms. The third-order valence-electron chi connectivity index (χ3n) is 3.68. The zero-order valence-electron chi connectivity index (χ0n) is 12.4. The van der Waals surface area contributed by atoms with E-state index in [-0.39, 0.29) is 0 Å². The zero-order chi connectivity index (χ0) is 13.9. The number of thiophene rings is 1. The third kappa shape index (κ3) is 7.48. The summed E-state index contributed by atoms with van der Waals surface area (Å²) in [6, 6.07) is 2.78. The first-order valence-electron chi connectivity index (χ1n) is 7.69. The molecule has 1 nitrogen and oxygen atoms in total. The van der Waals surface area contributed by atoms with Gasteiger partial charge in [0, 0.05) is 6.04 Å². The van der Waals surface area contributed by atoms with Crippen LogP contribution in [0.1, 0.15) is 76.3 Å². The Labute approximate surface area is 131 Å². The molecule has 1 N–H and O–H groups in total. The second-order valence-electron chi connectivity index (χ2n) is 5.29. The molecule has 0 aliphatic heterocycles. The molecular weight excluding hydrogens is 318 g/mol. The Morgan fingerprint density at radius 1 is 1.11 bits per heavy atom. The van der Waals surface area contributed by atoms with Gasteiger partial charge in [0.1, 0.15) is 0 Å². The van der Waals surface area contributed by atoms with Crippen LogP contribution in [-0.2, 0) is 0 Å². The SMILES string of the molecule is CCCCCCCCCCC(NC)c1csc(Br)c1. The number of hydrogen-bond donors (Lipinski definition) is 1. The monoisotopic (exact) mass is 345 g/mol. The maximum Gasteiger partial charge on any atom is 0.0701 e.